The molecule has 1 rings (SSSR count). The second-order valence-electron chi connectivity index (χ2n) is 4.10. The highest BCUT2D eigenvalue weighted by atomic mass is 16.5. The summed E-state index contributed by atoms with van der Waals surface area (Å²) in [6, 6.07) is 5.08. The van der Waals surface area contributed by atoms with Gasteiger partial charge in [-0.2, -0.15) is 0 Å². The van der Waals surface area contributed by atoms with Crippen LogP contribution in [0.15, 0.2) is 24.3 Å². The first-order valence-corrected chi connectivity index (χ1v) is 6.35. The normalized spacial score (nSPS) is 10.4. The summed E-state index contributed by atoms with van der Waals surface area (Å²) in [4.78, 5) is 21.6. The van der Waals surface area contributed by atoms with E-state index in [4.69, 9.17) is 14.6 Å². The third-order valence-corrected chi connectivity index (χ3v) is 2.64. The van der Waals surface area contributed by atoms with Gasteiger partial charge in [-0.1, -0.05) is 0 Å². The maximum absolute atomic E-state index is 11.0. The first-order valence-electron chi connectivity index (χ1n) is 6.35. The van der Waals surface area contributed by atoms with E-state index in [2.05, 4.69) is 4.74 Å². The molecule has 1 aromatic carbocycles. The van der Waals surface area contributed by atoms with Crippen LogP contribution in [0.25, 0.3) is 6.08 Å². The van der Waals surface area contributed by atoms with Crippen molar-refractivity contribution in [3.05, 3.63) is 29.8 Å². The quantitative estimate of drug-likeness (QED) is 0.449. The van der Waals surface area contributed by atoms with Crippen LogP contribution in [0.4, 0.5) is 0 Å². The third-order valence-electron chi connectivity index (χ3n) is 2.64. The zero-order valence-electron chi connectivity index (χ0n) is 12.0. The Morgan fingerprint density at radius 1 is 1.29 bits per heavy atom. The molecule has 0 radical (unpaired) electrons. The molecule has 0 bridgehead atoms. The molecule has 0 saturated carbocycles. The van der Waals surface area contributed by atoms with E-state index in [0.29, 0.717) is 30.1 Å². The number of carboxylic acid groups (broad SMARTS) is 1. The average molecular weight is 294 g/mol. The van der Waals surface area contributed by atoms with E-state index >= 15 is 0 Å². The van der Waals surface area contributed by atoms with Gasteiger partial charge >= 0.3 is 11.9 Å². The van der Waals surface area contributed by atoms with E-state index in [1.165, 1.54) is 20.3 Å². The molecule has 0 aromatic heterocycles. The van der Waals surface area contributed by atoms with E-state index in [9.17, 15) is 9.59 Å². The first-order chi connectivity index (χ1) is 10.1. The molecular formula is C15H18O6. The van der Waals surface area contributed by atoms with Crippen LogP contribution in [0.3, 0.4) is 0 Å². The molecular weight excluding hydrogens is 276 g/mol. The third kappa shape index (κ3) is 5.99. The van der Waals surface area contributed by atoms with Crippen molar-refractivity contribution in [2.24, 2.45) is 0 Å². The Balaban J connectivity index is 2.72. The van der Waals surface area contributed by atoms with Crippen LogP contribution in [-0.4, -0.2) is 37.9 Å². The standard InChI is InChI=1S/C15H18O6/c1-19-12-7-5-11(6-8-14(16)17)13(10-12)21-9-3-4-15(18)20-2/h5-8,10H,3-4,9H2,1-2H3,(H,16,17). The number of carbonyl (C=O) groups is 2. The molecule has 1 aromatic rings. The Morgan fingerprint density at radius 3 is 2.67 bits per heavy atom. The predicted octanol–water partition coefficient (Wildman–Crippen LogP) is 2.12. The number of methoxy groups -OCH3 is 2. The molecule has 6 heteroatoms. The first kappa shape index (κ1) is 16.6. The van der Waals surface area contributed by atoms with E-state index in [-0.39, 0.29) is 12.4 Å². The van der Waals surface area contributed by atoms with Gasteiger partial charge in [-0.15, -0.1) is 0 Å². The Bertz CT molecular complexity index is 521. The fourth-order valence-corrected chi connectivity index (χ4v) is 1.57. The maximum atomic E-state index is 11.0. The smallest absolute Gasteiger partial charge is 0.328 e. The number of hydrogen-bond acceptors (Lipinski definition) is 5. The Hall–Kier alpha value is -2.50. The van der Waals surface area contributed by atoms with Gasteiger partial charge in [-0.3, -0.25) is 4.79 Å². The van der Waals surface area contributed by atoms with Gasteiger partial charge in [0.2, 0.25) is 0 Å². The highest BCUT2D eigenvalue weighted by molar-refractivity contribution is 5.86. The van der Waals surface area contributed by atoms with Crippen LogP contribution in [0.2, 0.25) is 0 Å². The van der Waals surface area contributed by atoms with Crippen LogP contribution < -0.4 is 9.47 Å². The molecule has 0 aliphatic rings. The Labute approximate surface area is 122 Å². The number of esters is 1. The van der Waals surface area contributed by atoms with E-state index < -0.39 is 5.97 Å². The second kappa shape index (κ2) is 8.63. The fourth-order valence-electron chi connectivity index (χ4n) is 1.57. The second-order valence-corrected chi connectivity index (χ2v) is 4.10. The lowest BCUT2D eigenvalue weighted by Gasteiger charge is -2.10. The molecule has 21 heavy (non-hydrogen) atoms. The molecule has 0 aliphatic heterocycles. The molecule has 6 nitrogen and oxygen atoms in total. The fraction of sp³-hybridized carbons (Fsp3) is 0.333. The topological polar surface area (TPSA) is 82.1 Å². The average Bonchev–Trinajstić information content (AvgIpc) is 2.49. The van der Waals surface area contributed by atoms with Gasteiger partial charge in [0, 0.05) is 24.1 Å². The van der Waals surface area contributed by atoms with Gasteiger partial charge in [-0.05, 0) is 24.6 Å². The monoisotopic (exact) mass is 294 g/mol. The minimum atomic E-state index is -1.04. The van der Waals surface area contributed by atoms with Crippen molar-refractivity contribution in [1.82, 2.24) is 0 Å². The van der Waals surface area contributed by atoms with Gasteiger partial charge in [0.05, 0.1) is 20.8 Å². The van der Waals surface area contributed by atoms with Gasteiger partial charge in [0.25, 0.3) is 0 Å². The minimum absolute atomic E-state index is 0.265. The molecule has 0 unspecified atom stereocenters. The summed E-state index contributed by atoms with van der Waals surface area (Å²) in [6.45, 7) is 0.316. The van der Waals surface area contributed by atoms with Gasteiger partial charge in [0.1, 0.15) is 11.5 Å². The number of carbonyl (C=O) groups excluding carboxylic acids is 1. The predicted molar refractivity (Wildman–Crippen MR) is 76.4 cm³/mol. The van der Waals surface area contributed by atoms with Crippen molar-refractivity contribution in [3.63, 3.8) is 0 Å². The van der Waals surface area contributed by atoms with Crippen molar-refractivity contribution in [2.45, 2.75) is 12.8 Å². The molecule has 0 fully saturated rings. The summed E-state index contributed by atoms with van der Waals surface area (Å²) >= 11 is 0. The molecule has 0 spiro atoms. The molecule has 0 heterocycles. The maximum Gasteiger partial charge on any atom is 0.328 e. The highest BCUT2D eigenvalue weighted by Crippen LogP contribution is 2.26. The van der Waals surface area contributed by atoms with E-state index in [1.54, 1.807) is 18.2 Å². The van der Waals surface area contributed by atoms with Crippen LogP contribution in [0.5, 0.6) is 11.5 Å². The SMILES string of the molecule is COC(=O)CCCOc1cc(OC)ccc1C=CC(=O)O. The van der Waals surface area contributed by atoms with Crippen molar-refractivity contribution in [1.29, 1.82) is 0 Å². The van der Waals surface area contributed by atoms with Crippen LogP contribution in [0.1, 0.15) is 18.4 Å². The van der Waals surface area contributed by atoms with Crippen molar-refractivity contribution < 1.29 is 28.9 Å². The van der Waals surface area contributed by atoms with Crippen molar-refractivity contribution in [3.8, 4) is 11.5 Å². The number of ether oxygens (including phenoxy) is 3. The van der Waals surface area contributed by atoms with Gasteiger partial charge < -0.3 is 19.3 Å². The Kier molecular flexibility index (Phi) is 6.80. The molecule has 0 aliphatic carbocycles. The van der Waals surface area contributed by atoms with Crippen LogP contribution in [0, 0.1) is 0 Å². The summed E-state index contributed by atoms with van der Waals surface area (Å²) in [7, 11) is 2.86. The number of aliphatic carboxylic acids is 1. The lowest BCUT2D eigenvalue weighted by Crippen LogP contribution is -2.05. The van der Waals surface area contributed by atoms with Crippen molar-refractivity contribution in [2.75, 3.05) is 20.8 Å². The zero-order chi connectivity index (χ0) is 15.7. The molecule has 0 amide bonds. The number of benzene rings is 1. The largest absolute Gasteiger partial charge is 0.497 e. The summed E-state index contributed by atoms with van der Waals surface area (Å²) in [5.41, 5.74) is 0.622. The molecule has 1 N–H and O–H groups in total. The van der Waals surface area contributed by atoms with E-state index in [1.807, 2.05) is 0 Å². The lowest BCUT2D eigenvalue weighted by atomic mass is 10.1. The Morgan fingerprint density at radius 2 is 2.05 bits per heavy atom. The molecule has 114 valence electrons. The number of carboxylic acids is 1. The molecule has 0 atom stereocenters. The summed E-state index contributed by atoms with van der Waals surface area (Å²) in [5, 5.41) is 8.67. The summed E-state index contributed by atoms with van der Waals surface area (Å²) in [6.07, 6.45) is 3.24. The summed E-state index contributed by atoms with van der Waals surface area (Å²) < 4.78 is 15.2. The van der Waals surface area contributed by atoms with Gasteiger partial charge in [-0.25, -0.2) is 4.79 Å². The number of rotatable bonds is 8. The minimum Gasteiger partial charge on any atom is -0.497 e. The van der Waals surface area contributed by atoms with Crippen molar-refractivity contribution >= 4 is 18.0 Å². The molecule has 0 saturated heterocycles. The van der Waals surface area contributed by atoms with Crippen LogP contribution >= 0.6 is 0 Å². The highest BCUT2D eigenvalue weighted by Gasteiger charge is 2.05. The summed E-state index contributed by atoms with van der Waals surface area (Å²) in [5.74, 6) is -0.236. The van der Waals surface area contributed by atoms with Gasteiger partial charge in [0.15, 0.2) is 0 Å². The van der Waals surface area contributed by atoms with E-state index in [0.717, 1.165) is 6.08 Å². The number of hydrogen-bond donors (Lipinski definition) is 1. The zero-order valence-corrected chi connectivity index (χ0v) is 12.0. The van der Waals surface area contributed by atoms with Crippen LogP contribution in [-0.2, 0) is 14.3 Å². The lowest BCUT2D eigenvalue weighted by molar-refractivity contribution is -0.140.